The van der Waals surface area contributed by atoms with Gasteiger partial charge in [-0.1, -0.05) is 43.5 Å². The van der Waals surface area contributed by atoms with E-state index in [9.17, 15) is 9.18 Å². The normalized spacial score (nSPS) is 19.7. The summed E-state index contributed by atoms with van der Waals surface area (Å²) >= 11 is 0. The molecule has 0 bridgehead atoms. The number of hydrogen-bond acceptors (Lipinski definition) is 3. The maximum atomic E-state index is 14.0. The summed E-state index contributed by atoms with van der Waals surface area (Å²) in [4.78, 5) is 15.5. The molecule has 0 unspecified atom stereocenters. The maximum Gasteiger partial charge on any atom is 0.257 e. The van der Waals surface area contributed by atoms with E-state index in [1.165, 1.54) is 42.5 Å². The first-order valence-corrected chi connectivity index (χ1v) is 11.4. The molecule has 5 heteroatoms. The number of halogens is 1. The van der Waals surface area contributed by atoms with Crippen LogP contribution in [0.15, 0.2) is 47.6 Å². The molecule has 0 spiro atoms. The molecule has 1 heterocycles. The highest BCUT2D eigenvalue weighted by Gasteiger charge is 2.34. The number of carbonyl (C=O) groups is 1. The molecule has 0 N–H and O–H groups in total. The van der Waals surface area contributed by atoms with Gasteiger partial charge in [-0.3, -0.25) is 9.69 Å². The van der Waals surface area contributed by atoms with Gasteiger partial charge in [-0.25, -0.2) is 9.40 Å². The van der Waals surface area contributed by atoms with E-state index in [-0.39, 0.29) is 17.8 Å². The molecule has 1 saturated carbocycles. The van der Waals surface area contributed by atoms with E-state index in [1.54, 1.807) is 11.1 Å². The van der Waals surface area contributed by atoms with Crippen LogP contribution >= 0.6 is 0 Å². The predicted octanol–water partition coefficient (Wildman–Crippen LogP) is 5.38. The number of rotatable bonds is 5. The summed E-state index contributed by atoms with van der Waals surface area (Å²) in [6.07, 6.45) is 6.63. The van der Waals surface area contributed by atoms with Crippen LogP contribution in [0.4, 0.5) is 4.39 Å². The van der Waals surface area contributed by atoms with Crippen molar-refractivity contribution in [2.45, 2.75) is 64.5 Å². The fourth-order valence-electron chi connectivity index (χ4n) is 4.75. The van der Waals surface area contributed by atoms with E-state index in [0.29, 0.717) is 19.0 Å². The maximum absolute atomic E-state index is 14.0. The predicted molar refractivity (Wildman–Crippen MR) is 123 cm³/mol. The number of amides is 1. The van der Waals surface area contributed by atoms with Crippen LogP contribution in [-0.4, -0.2) is 41.2 Å². The van der Waals surface area contributed by atoms with E-state index in [0.717, 1.165) is 29.7 Å². The summed E-state index contributed by atoms with van der Waals surface area (Å²) in [7, 11) is 2.04. The molecule has 1 aliphatic heterocycles. The molecule has 1 amide bonds. The summed E-state index contributed by atoms with van der Waals surface area (Å²) in [5.41, 5.74) is 5.12. The largest absolute Gasteiger partial charge is 0.295 e. The van der Waals surface area contributed by atoms with Crippen molar-refractivity contribution >= 4 is 11.6 Å². The van der Waals surface area contributed by atoms with Crippen LogP contribution in [0.25, 0.3) is 0 Å². The number of carbonyl (C=O) groups excluding carboxylic acids is 1. The van der Waals surface area contributed by atoms with Crippen LogP contribution in [-0.2, 0) is 4.79 Å². The molecule has 2 aromatic rings. The molecular formula is C26H32FN3O. The second-order valence-corrected chi connectivity index (χ2v) is 9.07. The average molecular weight is 422 g/mol. The highest BCUT2D eigenvalue weighted by atomic mass is 19.1. The second kappa shape index (κ2) is 9.31. The van der Waals surface area contributed by atoms with Crippen molar-refractivity contribution in [3.05, 3.63) is 70.5 Å². The van der Waals surface area contributed by atoms with Gasteiger partial charge in [0.15, 0.2) is 0 Å². The quantitative estimate of drug-likeness (QED) is 0.649. The fourth-order valence-corrected chi connectivity index (χ4v) is 4.75. The van der Waals surface area contributed by atoms with Crippen LogP contribution in [0.2, 0.25) is 0 Å². The molecule has 0 aromatic heterocycles. The van der Waals surface area contributed by atoms with Crippen molar-refractivity contribution in [3.63, 3.8) is 0 Å². The van der Waals surface area contributed by atoms with Gasteiger partial charge in [0, 0.05) is 12.5 Å². The number of likely N-dealkylation sites (N-methyl/N-ethyl adjacent to an activating group) is 1. The molecule has 164 valence electrons. The first kappa shape index (κ1) is 21.7. The Kier molecular flexibility index (Phi) is 6.51. The van der Waals surface area contributed by atoms with Crippen LogP contribution < -0.4 is 0 Å². The Morgan fingerprint density at radius 1 is 1.10 bits per heavy atom. The summed E-state index contributed by atoms with van der Waals surface area (Å²) < 4.78 is 14.0. The highest BCUT2D eigenvalue weighted by Crippen LogP contribution is 2.34. The lowest BCUT2D eigenvalue weighted by Gasteiger charge is -2.32. The topological polar surface area (TPSA) is 35.9 Å². The molecule has 2 aliphatic rings. The van der Waals surface area contributed by atoms with Gasteiger partial charge in [-0.05, 0) is 74.2 Å². The van der Waals surface area contributed by atoms with Crippen molar-refractivity contribution in [2.24, 2.45) is 5.10 Å². The third kappa shape index (κ3) is 4.87. The molecule has 4 rings (SSSR count). The zero-order valence-corrected chi connectivity index (χ0v) is 18.8. The van der Waals surface area contributed by atoms with Gasteiger partial charge >= 0.3 is 0 Å². The fraction of sp³-hybridized carbons (Fsp3) is 0.462. The van der Waals surface area contributed by atoms with Gasteiger partial charge < -0.3 is 0 Å². The Hall–Kier alpha value is -2.53. The SMILES string of the molecule is Cc1ccc(C2=NN(C(=O)CN(C)C3CCCCC3)[C@H](c3cccc(F)c3)C2)cc1C. The Bertz CT molecular complexity index is 980. The molecule has 0 radical (unpaired) electrons. The van der Waals surface area contributed by atoms with Crippen molar-refractivity contribution in [1.82, 2.24) is 9.91 Å². The summed E-state index contributed by atoms with van der Waals surface area (Å²) in [6.45, 7) is 4.50. The third-order valence-electron chi connectivity index (χ3n) is 6.82. The Labute approximate surface area is 184 Å². The molecule has 1 atom stereocenters. The van der Waals surface area contributed by atoms with Gasteiger partial charge in [0.2, 0.25) is 0 Å². The molecule has 1 aliphatic carbocycles. The van der Waals surface area contributed by atoms with E-state index >= 15 is 0 Å². The molecule has 0 saturated heterocycles. The second-order valence-electron chi connectivity index (χ2n) is 9.07. The van der Waals surface area contributed by atoms with Crippen molar-refractivity contribution < 1.29 is 9.18 Å². The van der Waals surface area contributed by atoms with Gasteiger partial charge in [0.25, 0.3) is 5.91 Å². The van der Waals surface area contributed by atoms with E-state index in [1.807, 2.05) is 13.1 Å². The summed E-state index contributed by atoms with van der Waals surface area (Å²) in [5, 5.41) is 6.36. The molecular weight excluding hydrogens is 389 g/mol. The van der Waals surface area contributed by atoms with Crippen LogP contribution in [0.3, 0.4) is 0 Å². The number of nitrogens with zero attached hydrogens (tertiary/aromatic N) is 3. The monoisotopic (exact) mass is 421 g/mol. The average Bonchev–Trinajstić information content (AvgIpc) is 3.22. The molecule has 2 aromatic carbocycles. The van der Waals surface area contributed by atoms with Crippen molar-refractivity contribution in [3.8, 4) is 0 Å². The lowest BCUT2D eigenvalue weighted by Crippen LogP contribution is -2.42. The Morgan fingerprint density at radius 3 is 2.58 bits per heavy atom. The van der Waals surface area contributed by atoms with Crippen LogP contribution in [0.5, 0.6) is 0 Å². The highest BCUT2D eigenvalue weighted by molar-refractivity contribution is 6.03. The Balaban J connectivity index is 1.60. The van der Waals surface area contributed by atoms with Gasteiger partial charge in [0.1, 0.15) is 5.82 Å². The van der Waals surface area contributed by atoms with Crippen LogP contribution in [0, 0.1) is 19.7 Å². The molecule has 31 heavy (non-hydrogen) atoms. The first-order valence-electron chi connectivity index (χ1n) is 11.4. The molecule has 4 nitrogen and oxygen atoms in total. The number of hydrazone groups is 1. The minimum atomic E-state index is -0.288. The van der Waals surface area contributed by atoms with Gasteiger partial charge in [-0.2, -0.15) is 5.10 Å². The molecule has 1 fully saturated rings. The first-order chi connectivity index (χ1) is 14.9. The Morgan fingerprint density at radius 2 is 1.87 bits per heavy atom. The van der Waals surface area contributed by atoms with E-state index in [4.69, 9.17) is 5.10 Å². The number of benzene rings is 2. The summed E-state index contributed by atoms with van der Waals surface area (Å²) in [6, 6.07) is 13.0. The van der Waals surface area contributed by atoms with Crippen molar-refractivity contribution in [1.29, 1.82) is 0 Å². The third-order valence-corrected chi connectivity index (χ3v) is 6.82. The van der Waals surface area contributed by atoms with E-state index < -0.39 is 0 Å². The lowest BCUT2D eigenvalue weighted by atomic mass is 9.94. The van der Waals surface area contributed by atoms with E-state index in [2.05, 4.69) is 36.9 Å². The number of aryl methyl sites for hydroxylation is 2. The minimum absolute atomic E-state index is 0.0267. The summed E-state index contributed by atoms with van der Waals surface area (Å²) in [5.74, 6) is -0.315. The van der Waals surface area contributed by atoms with Gasteiger partial charge in [0.05, 0.1) is 18.3 Å². The zero-order chi connectivity index (χ0) is 22.0. The minimum Gasteiger partial charge on any atom is -0.295 e. The van der Waals surface area contributed by atoms with Crippen molar-refractivity contribution in [2.75, 3.05) is 13.6 Å². The zero-order valence-electron chi connectivity index (χ0n) is 18.8. The standard InChI is InChI=1S/C26H32FN3O/c1-18-12-13-20(14-19(18)2)24-16-25(21-8-7-9-22(27)15-21)30(28-24)26(31)17-29(3)23-10-5-4-6-11-23/h7-9,12-15,23,25H,4-6,10-11,16-17H2,1-3H3/t25-/m0/s1. The lowest BCUT2D eigenvalue weighted by molar-refractivity contribution is -0.134. The van der Waals surface area contributed by atoms with Gasteiger partial charge in [-0.15, -0.1) is 0 Å². The smallest absolute Gasteiger partial charge is 0.257 e. The number of hydrogen-bond donors (Lipinski definition) is 0. The van der Waals surface area contributed by atoms with Crippen LogP contribution in [0.1, 0.15) is 66.8 Å².